The predicted octanol–water partition coefficient (Wildman–Crippen LogP) is 3.36. The standard InChI is InChI=1S/C14H20BrNO/c1-16-9-3-2-4-13(16)10-14(17)11-5-7-12(15)8-6-11/h5-8,13-14,17H,2-4,9-10H2,1H3. The van der Waals surface area contributed by atoms with Crippen molar-refractivity contribution in [3.63, 3.8) is 0 Å². The van der Waals surface area contributed by atoms with Gasteiger partial charge in [-0.2, -0.15) is 0 Å². The molecular weight excluding hydrogens is 278 g/mol. The molecular formula is C14H20BrNO. The lowest BCUT2D eigenvalue weighted by molar-refractivity contribution is 0.0944. The SMILES string of the molecule is CN1CCCCC1CC(O)c1ccc(Br)cc1. The van der Waals surface area contributed by atoms with Crippen LogP contribution in [0.1, 0.15) is 37.4 Å². The van der Waals surface area contributed by atoms with Crippen LogP contribution in [0, 0.1) is 0 Å². The highest BCUT2D eigenvalue weighted by Crippen LogP contribution is 2.26. The number of aliphatic hydroxyl groups excluding tert-OH is 1. The third-order valence-corrected chi connectivity index (χ3v) is 4.20. The molecule has 2 unspecified atom stereocenters. The van der Waals surface area contributed by atoms with E-state index in [-0.39, 0.29) is 6.10 Å². The van der Waals surface area contributed by atoms with Crippen molar-refractivity contribution >= 4 is 15.9 Å². The fourth-order valence-corrected chi connectivity index (χ4v) is 2.78. The molecule has 1 N–H and O–H groups in total. The van der Waals surface area contributed by atoms with Gasteiger partial charge in [0.1, 0.15) is 0 Å². The van der Waals surface area contributed by atoms with Gasteiger partial charge in [0.15, 0.2) is 0 Å². The summed E-state index contributed by atoms with van der Waals surface area (Å²) in [7, 11) is 2.16. The molecule has 1 fully saturated rings. The number of piperidine rings is 1. The Kier molecular flexibility index (Phi) is 4.60. The van der Waals surface area contributed by atoms with E-state index in [0.29, 0.717) is 6.04 Å². The van der Waals surface area contributed by atoms with Crippen LogP contribution in [0.5, 0.6) is 0 Å². The van der Waals surface area contributed by atoms with Crippen molar-refractivity contribution < 1.29 is 5.11 Å². The van der Waals surface area contributed by atoms with Gasteiger partial charge in [0.05, 0.1) is 6.10 Å². The van der Waals surface area contributed by atoms with Crippen LogP contribution in [0.4, 0.5) is 0 Å². The van der Waals surface area contributed by atoms with Gasteiger partial charge in [-0.1, -0.05) is 34.5 Å². The van der Waals surface area contributed by atoms with E-state index in [1.54, 1.807) is 0 Å². The first-order chi connectivity index (χ1) is 8.16. The van der Waals surface area contributed by atoms with Crippen LogP contribution in [-0.4, -0.2) is 29.6 Å². The molecule has 1 aromatic rings. The van der Waals surface area contributed by atoms with E-state index in [9.17, 15) is 5.11 Å². The number of hydrogen-bond donors (Lipinski definition) is 1. The summed E-state index contributed by atoms with van der Waals surface area (Å²) >= 11 is 3.41. The van der Waals surface area contributed by atoms with Crippen molar-refractivity contribution in [1.29, 1.82) is 0 Å². The zero-order valence-corrected chi connectivity index (χ0v) is 11.9. The summed E-state index contributed by atoms with van der Waals surface area (Å²) in [6, 6.07) is 8.50. The molecule has 94 valence electrons. The number of halogens is 1. The molecule has 2 nitrogen and oxygen atoms in total. The lowest BCUT2D eigenvalue weighted by Crippen LogP contribution is -2.37. The minimum atomic E-state index is -0.339. The van der Waals surface area contributed by atoms with Crippen molar-refractivity contribution in [3.05, 3.63) is 34.3 Å². The Bertz CT molecular complexity index is 352. The Balaban J connectivity index is 1.95. The molecule has 0 aromatic heterocycles. The van der Waals surface area contributed by atoms with Gasteiger partial charge < -0.3 is 10.0 Å². The minimum absolute atomic E-state index is 0.339. The molecule has 17 heavy (non-hydrogen) atoms. The first-order valence-corrected chi connectivity index (χ1v) is 7.10. The lowest BCUT2D eigenvalue weighted by Gasteiger charge is -2.33. The Morgan fingerprint density at radius 2 is 2.06 bits per heavy atom. The fraction of sp³-hybridized carbons (Fsp3) is 0.571. The number of aliphatic hydroxyl groups is 1. The van der Waals surface area contributed by atoms with E-state index >= 15 is 0 Å². The second kappa shape index (κ2) is 5.98. The molecule has 1 saturated heterocycles. The van der Waals surface area contributed by atoms with Gasteiger partial charge in [-0.15, -0.1) is 0 Å². The second-order valence-electron chi connectivity index (χ2n) is 4.93. The van der Waals surface area contributed by atoms with Crippen molar-refractivity contribution in [2.75, 3.05) is 13.6 Å². The Hall–Kier alpha value is -0.380. The van der Waals surface area contributed by atoms with Crippen LogP contribution >= 0.6 is 15.9 Å². The molecule has 1 aliphatic rings. The molecule has 0 bridgehead atoms. The average Bonchev–Trinajstić information content (AvgIpc) is 2.33. The highest BCUT2D eigenvalue weighted by molar-refractivity contribution is 9.10. The van der Waals surface area contributed by atoms with Crippen molar-refractivity contribution in [2.45, 2.75) is 37.8 Å². The number of benzene rings is 1. The number of hydrogen-bond acceptors (Lipinski definition) is 2. The molecule has 0 saturated carbocycles. The highest BCUT2D eigenvalue weighted by Gasteiger charge is 2.22. The van der Waals surface area contributed by atoms with E-state index in [1.165, 1.54) is 19.3 Å². The Morgan fingerprint density at radius 1 is 1.35 bits per heavy atom. The average molecular weight is 298 g/mol. The van der Waals surface area contributed by atoms with E-state index in [2.05, 4.69) is 27.9 Å². The first-order valence-electron chi connectivity index (χ1n) is 6.30. The maximum absolute atomic E-state index is 10.2. The first kappa shape index (κ1) is 13.1. The van der Waals surface area contributed by atoms with Gasteiger partial charge >= 0.3 is 0 Å². The third-order valence-electron chi connectivity index (χ3n) is 3.67. The van der Waals surface area contributed by atoms with Gasteiger partial charge in [-0.3, -0.25) is 0 Å². The zero-order chi connectivity index (χ0) is 12.3. The van der Waals surface area contributed by atoms with Gasteiger partial charge in [-0.05, 0) is 50.6 Å². The van der Waals surface area contributed by atoms with Crippen LogP contribution in [0.15, 0.2) is 28.7 Å². The summed E-state index contributed by atoms with van der Waals surface area (Å²) in [5.41, 5.74) is 1.02. The minimum Gasteiger partial charge on any atom is -0.388 e. The summed E-state index contributed by atoms with van der Waals surface area (Å²) in [5.74, 6) is 0. The molecule has 3 heteroatoms. The summed E-state index contributed by atoms with van der Waals surface area (Å²) in [6.45, 7) is 1.16. The predicted molar refractivity (Wildman–Crippen MR) is 74.0 cm³/mol. The monoisotopic (exact) mass is 297 g/mol. The Morgan fingerprint density at radius 3 is 2.71 bits per heavy atom. The van der Waals surface area contributed by atoms with Crippen LogP contribution in [0.2, 0.25) is 0 Å². The van der Waals surface area contributed by atoms with E-state index in [4.69, 9.17) is 0 Å². The lowest BCUT2D eigenvalue weighted by atomic mass is 9.94. The van der Waals surface area contributed by atoms with E-state index < -0.39 is 0 Å². The van der Waals surface area contributed by atoms with Crippen LogP contribution in [0.25, 0.3) is 0 Å². The molecule has 0 radical (unpaired) electrons. The third kappa shape index (κ3) is 3.54. The summed E-state index contributed by atoms with van der Waals surface area (Å²) in [4.78, 5) is 2.38. The molecule has 1 aliphatic heterocycles. The van der Waals surface area contributed by atoms with Gasteiger partial charge in [-0.25, -0.2) is 0 Å². The quantitative estimate of drug-likeness (QED) is 0.925. The molecule has 0 spiro atoms. The van der Waals surface area contributed by atoms with Gasteiger partial charge in [0.2, 0.25) is 0 Å². The normalized spacial score (nSPS) is 23.6. The summed E-state index contributed by atoms with van der Waals surface area (Å²) in [5, 5.41) is 10.2. The molecule has 2 atom stereocenters. The zero-order valence-electron chi connectivity index (χ0n) is 10.3. The number of rotatable bonds is 3. The molecule has 0 amide bonds. The van der Waals surface area contributed by atoms with Gasteiger partial charge in [0.25, 0.3) is 0 Å². The fourth-order valence-electron chi connectivity index (χ4n) is 2.52. The van der Waals surface area contributed by atoms with Crippen molar-refractivity contribution in [3.8, 4) is 0 Å². The smallest absolute Gasteiger partial charge is 0.0805 e. The molecule has 1 heterocycles. The van der Waals surface area contributed by atoms with Crippen molar-refractivity contribution in [1.82, 2.24) is 4.90 Å². The second-order valence-corrected chi connectivity index (χ2v) is 5.85. The summed E-state index contributed by atoms with van der Waals surface area (Å²) < 4.78 is 1.06. The van der Waals surface area contributed by atoms with Crippen LogP contribution in [0.3, 0.4) is 0 Å². The van der Waals surface area contributed by atoms with Crippen LogP contribution < -0.4 is 0 Å². The summed E-state index contributed by atoms with van der Waals surface area (Å²) in [6.07, 6.45) is 4.31. The van der Waals surface area contributed by atoms with Crippen molar-refractivity contribution in [2.24, 2.45) is 0 Å². The van der Waals surface area contributed by atoms with Gasteiger partial charge in [0, 0.05) is 10.5 Å². The largest absolute Gasteiger partial charge is 0.388 e. The molecule has 1 aromatic carbocycles. The molecule has 2 rings (SSSR count). The van der Waals surface area contributed by atoms with E-state index in [1.807, 2.05) is 24.3 Å². The Labute approximate surface area is 112 Å². The van der Waals surface area contributed by atoms with Crippen LogP contribution in [-0.2, 0) is 0 Å². The highest BCUT2D eigenvalue weighted by atomic mass is 79.9. The topological polar surface area (TPSA) is 23.5 Å². The maximum Gasteiger partial charge on any atom is 0.0805 e. The maximum atomic E-state index is 10.2. The number of nitrogens with zero attached hydrogens (tertiary/aromatic N) is 1. The van der Waals surface area contributed by atoms with E-state index in [0.717, 1.165) is 23.0 Å². The number of likely N-dealkylation sites (tertiary alicyclic amines) is 1. The molecule has 0 aliphatic carbocycles.